The third-order valence-electron chi connectivity index (χ3n) is 4.49. The maximum Gasteiger partial charge on any atom is 0.232 e. The van der Waals surface area contributed by atoms with E-state index in [4.69, 9.17) is 0 Å². The zero-order valence-corrected chi connectivity index (χ0v) is 17.0. The highest BCUT2D eigenvalue weighted by atomic mass is 32.2. The summed E-state index contributed by atoms with van der Waals surface area (Å²) in [4.78, 5) is 4.33. The minimum Gasteiger partial charge on any atom is -0.340 e. The lowest BCUT2D eigenvalue weighted by molar-refractivity contribution is 0.598. The third kappa shape index (κ3) is 5.57. The molecule has 0 bridgehead atoms. The van der Waals surface area contributed by atoms with Gasteiger partial charge in [0.05, 0.1) is 17.6 Å². The number of aryl methyl sites for hydroxylation is 3. The van der Waals surface area contributed by atoms with Gasteiger partial charge in [-0.15, -0.1) is 0 Å². The van der Waals surface area contributed by atoms with E-state index in [9.17, 15) is 8.42 Å². The highest BCUT2D eigenvalue weighted by Crippen LogP contribution is 2.23. The maximum absolute atomic E-state index is 12.3. The number of rotatable bonds is 8. The van der Waals surface area contributed by atoms with Crippen molar-refractivity contribution < 1.29 is 8.42 Å². The Labute approximate surface area is 166 Å². The van der Waals surface area contributed by atoms with Gasteiger partial charge in [-0.05, 0) is 55.5 Å². The quantitative estimate of drug-likeness (QED) is 0.574. The average Bonchev–Trinajstić information content (AvgIpc) is 2.67. The number of pyridine rings is 1. The summed E-state index contributed by atoms with van der Waals surface area (Å²) < 4.78 is 27.2. The monoisotopic (exact) mass is 395 g/mol. The van der Waals surface area contributed by atoms with Crippen LogP contribution in [0.15, 0.2) is 66.9 Å². The molecule has 6 heteroatoms. The molecule has 5 nitrogen and oxygen atoms in total. The molecule has 2 N–H and O–H groups in total. The molecule has 0 saturated heterocycles. The van der Waals surface area contributed by atoms with Gasteiger partial charge in [-0.1, -0.05) is 48.5 Å². The highest BCUT2D eigenvalue weighted by molar-refractivity contribution is 7.92. The first kappa shape index (κ1) is 19.9. The van der Waals surface area contributed by atoms with Gasteiger partial charge >= 0.3 is 0 Å². The maximum atomic E-state index is 12.3. The Morgan fingerprint density at radius 3 is 2.25 bits per heavy atom. The first-order valence-electron chi connectivity index (χ1n) is 9.27. The molecule has 2 aromatic carbocycles. The SMILES string of the molecule is Cc1cccc(C)c1Nc1ccc(NS(=O)(=O)CCCc2ccccc2)cn1. The van der Waals surface area contributed by atoms with Gasteiger partial charge in [0.25, 0.3) is 0 Å². The number of sulfonamides is 1. The highest BCUT2D eigenvalue weighted by Gasteiger charge is 2.11. The molecule has 0 fully saturated rings. The molecule has 0 radical (unpaired) electrons. The van der Waals surface area contributed by atoms with Crippen molar-refractivity contribution in [2.24, 2.45) is 0 Å². The summed E-state index contributed by atoms with van der Waals surface area (Å²) in [5.74, 6) is 0.744. The summed E-state index contributed by atoms with van der Waals surface area (Å²) in [5.41, 5.74) is 4.88. The van der Waals surface area contributed by atoms with Crippen molar-refractivity contribution in [3.05, 3.63) is 83.6 Å². The van der Waals surface area contributed by atoms with Gasteiger partial charge in [-0.25, -0.2) is 13.4 Å². The molecule has 0 amide bonds. The second-order valence-corrected chi connectivity index (χ2v) is 8.68. The first-order valence-corrected chi connectivity index (χ1v) is 10.9. The number of hydrogen-bond acceptors (Lipinski definition) is 4. The van der Waals surface area contributed by atoms with Crippen LogP contribution in [0.25, 0.3) is 0 Å². The lowest BCUT2D eigenvalue weighted by Crippen LogP contribution is -2.17. The zero-order chi connectivity index (χ0) is 20.0. The van der Waals surface area contributed by atoms with Crippen LogP contribution in [-0.2, 0) is 16.4 Å². The predicted molar refractivity (Wildman–Crippen MR) is 116 cm³/mol. The van der Waals surface area contributed by atoms with Crippen molar-refractivity contribution in [2.45, 2.75) is 26.7 Å². The fraction of sp³-hybridized carbons (Fsp3) is 0.227. The van der Waals surface area contributed by atoms with Gasteiger partial charge in [-0.3, -0.25) is 4.72 Å². The van der Waals surface area contributed by atoms with E-state index in [0.29, 0.717) is 17.9 Å². The Hall–Kier alpha value is -2.86. The first-order chi connectivity index (χ1) is 13.4. The van der Waals surface area contributed by atoms with E-state index in [0.717, 1.165) is 28.8 Å². The fourth-order valence-corrected chi connectivity index (χ4v) is 4.12. The Morgan fingerprint density at radius 1 is 0.893 bits per heavy atom. The van der Waals surface area contributed by atoms with Crippen LogP contribution < -0.4 is 10.0 Å². The second-order valence-electron chi connectivity index (χ2n) is 6.83. The van der Waals surface area contributed by atoms with Crippen LogP contribution in [0.1, 0.15) is 23.1 Å². The summed E-state index contributed by atoms with van der Waals surface area (Å²) in [6, 6.07) is 19.5. The van der Waals surface area contributed by atoms with Crippen LogP contribution in [0.4, 0.5) is 17.2 Å². The van der Waals surface area contributed by atoms with E-state index in [1.165, 1.54) is 6.20 Å². The van der Waals surface area contributed by atoms with Crippen molar-refractivity contribution in [3.8, 4) is 0 Å². The van der Waals surface area contributed by atoms with E-state index in [-0.39, 0.29) is 5.75 Å². The smallest absolute Gasteiger partial charge is 0.232 e. The summed E-state index contributed by atoms with van der Waals surface area (Å²) >= 11 is 0. The number of hydrogen-bond donors (Lipinski definition) is 2. The largest absolute Gasteiger partial charge is 0.340 e. The molecule has 1 aromatic heterocycles. The number of nitrogens with one attached hydrogen (secondary N) is 2. The van der Waals surface area contributed by atoms with Crippen molar-refractivity contribution in [2.75, 3.05) is 15.8 Å². The predicted octanol–water partition coefficient (Wildman–Crippen LogP) is 4.82. The molecule has 1 heterocycles. The standard InChI is InChI=1S/C22H25N3O2S/c1-17-8-6-9-18(2)22(17)24-21-14-13-20(16-23-21)25-28(26,27)15-7-12-19-10-4-3-5-11-19/h3-6,8-11,13-14,16,25H,7,12,15H2,1-2H3,(H,23,24). The molecule has 146 valence electrons. The van der Waals surface area contributed by atoms with E-state index < -0.39 is 10.0 Å². The van der Waals surface area contributed by atoms with Gasteiger partial charge in [0, 0.05) is 5.69 Å². The topological polar surface area (TPSA) is 71.1 Å². The second kappa shape index (κ2) is 8.89. The average molecular weight is 396 g/mol. The van der Waals surface area contributed by atoms with Crippen molar-refractivity contribution >= 4 is 27.2 Å². The van der Waals surface area contributed by atoms with Gasteiger partial charge < -0.3 is 5.32 Å². The Kier molecular flexibility index (Phi) is 6.31. The molecule has 0 aliphatic rings. The molecule has 3 rings (SSSR count). The molecular formula is C22H25N3O2S. The van der Waals surface area contributed by atoms with Gasteiger partial charge in [0.15, 0.2) is 0 Å². The van der Waals surface area contributed by atoms with Crippen molar-refractivity contribution in [1.29, 1.82) is 0 Å². The van der Waals surface area contributed by atoms with Crippen LogP contribution in [0.2, 0.25) is 0 Å². The summed E-state index contributed by atoms with van der Waals surface area (Å²) in [6.07, 6.45) is 2.84. The number of anilines is 3. The molecular weight excluding hydrogens is 370 g/mol. The Balaban J connectivity index is 1.57. The minimum atomic E-state index is -3.40. The van der Waals surface area contributed by atoms with E-state index in [1.54, 1.807) is 12.1 Å². The summed E-state index contributed by atoms with van der Waals surface area (Å²) in [6.45, 7) is 4.07. The summed E-state index contributed by atoms with van der Waals surface area (Å²) in [5, 5.41) is 3.29. The number of para-hydroxylation sites is 1. The Bertz CT molecular complexity index is 997. The number of aromatic nitrogens is 1. The van der Waals surface area contributed by atoms with Gasteiger partial charge in [0.1, 0.15) is 5.82 Å². The van der Waals surface area contributed by atoms with Gasteiger partial charge in [-0.2, -0.15) is 0 Å². The molecule has 0 unspecified atom stereocenters. The molecule has 0 aliphatic heterocycles. The van der Waals surface area contributed by atoms with Crippen molar-refractivity contribution in [3.63, 3.8) is 0 Å². The molecule has 0 spiro atoms. The molecule has 3 aromatic rings. The van der Waals surface area contributed by atoms with Crippen LogP contribution in [0.3, 0.4) is 0 Å². The third-order valence-corrected chi connectivity index (χ3v) is 5.87. The normalized spacial score (nSPS) is 11.2. The zero-order valence-electron chi connectivity index (χ0n) is 16.1. The number of benzene rings is 2. The van der Waals surface area contributed by atoms with E-state index in [2.05, 4.69) is 15.0 Å². The lowest BCUT2D eigenvalue weighted by Gasteiger charge is -2.13. The van der Waals surface area contributed by atoms with Crippen LogP contribution >= 0.6 is 0 Å². The number of nitrogens with zero attached hydrogens (tertiary/aromatic N) is 1. The Morgan fingerprint density at radius 2 is 1.61 bits per heavy atom. The van der Waals surface area contributed by atoms with Gasteiger partial charge in [0.2, 0.25) is 10.0 Å². The van der Waals surface area contributed by atoms with Crippen LogP contribution in [-0.4, -0.2) is 19.2 Å². The summed E-state index contributed by atoms with van der Waals surface area (Å²) in [7, 11) is -3.40. The minimum absolute atomic E-state index is 0.0737. The lowest BCUT2D eigenvalue weighted by atomic mass is 10.1. The van der Waals surface area contributed by atoms with Crippen LogP contribution in [0, 0.1) is 13.8 Å². The van der Waals surface area contributed by atoms with Crippen LogP contribution in [0.5, 0.6) is 0 Å². The van der Waals surface area contributed by atoms with Crippen molar-refractivity contribution in [1.82, 2.24) is 4.98 Å². The molecule has 0 atom stereocenters. The molecule has 0 saturated carbocycles. The van der Waals surface area contributed by atoms with E-state index >= 15 is 0 Å². The molecule has 28 heavy (non-hydrogen) atoms. The molecule has 0 aliphatic carbocycles. The van der Waals surface area contributed by atoms with E-state index in [1.807, 2.05) is 62.4 Å². The fourth-order valence-electron chi connectivity index (χ4n) is 3.01.